The van der Waals surface area contributed by atoms with E-state index in [9.17, 15) is 14.9 Å². The second-order valence-electron chi connectivity index (χ2n) is 6.35. The van der Waals surface area contributed by atoms with Crippen LogP contribution in [0.1, 0.15) is 21.5 Å². The highest BCUT2D eigenvalue weighted by Gasteiger charge is 2.12. The predicted molar refractivity (Wildman–Crippen MR) is 116 cm³/mol. The highest BCUT2D eigenvalue weighted by atomic mass is 35.5. The van der Waals surface area contributed by atoms with Crippen LogP contribution < -0.4 is 9.47 Å². The molecule has 0 amide bonds. The summed E-state index contributed by atoms with van der Waals surface area (Å²) in [5, 5.41) is 20.0. The van der Waals surface area contributed by atoms with Gasteiger partial charge in [0, 0.05) is 12.3 Å². The lowest BCUT2D eigenvalue weighted by Crippen LogP contribution is -2.00. The molecule has 0 spiro atoms. The lowest BCUT2D eigenvalue weighted by Gasteiger charge is -2.11. The third-order valence-electron chi connectivity index (χ3n) is 4.27. The quantitative estimate of drug-likeness (QED) is 0.289. The second kappa shape index (κ2) is 9.73. The number of nitro benzene ring substituents is 1. The van der Waals surface area contributed by atoms with Crippen LogP contribution in [0.2, 0.25) is 5.02 Å². The molecule has 158 valence electrons. The Bertz CT molecular complexity index is 1150. The average molecular weight is 441 g/mol. The number of nitrogens with zero attached hydrogens (tertiary/aromatic N) is 2. The second-order valence-corrected chi connectivity index (χ2v) is 6.76. The minimum absolute atomic E-state index is 0.0460. The van der Waals surface area contributed by atoms with Crippen LogP contribution in [0.5, 0.6) is 11.5 Å². The molecule has 3 aromatic carbocycles. The Morgan fingerprint density at radius 3 is 2.52 bits per heavy atom. The summed E-state index contributed by atoms with van der Waals surface area (Å²) in [6, 6.07) is 15.9. The van der Waals surface area contributed by atoms with Gasteiger partial charge in [-0.3, -0.25) is 15.1 Å². The molecule has 0 aliphatic rings. The van der Waals surface area contributed by atoms with Crippen LogP contribution in [0.4, 0.5) is 11.4 Å². The van der Waals surface area contributed by atoms with E-state index < -0.39 is 10.9 Å². The Labute approximate surface area is 182 Å². The van der Waals surface area contributed by atoms with E-state index in [2.05, 4.69) is 4.99 Å². The summed E-state index contributed by atoms with van der Waals surface area (Å²) in [6.07, 6.45) is 1.55. The lowest BCUT2D eigenvalue weighted by atomic mass is 10.1. The van der Waals surface area contributed by atoms with Gasteiger partial charge in [0.2, 0.25) is 0 Å². The summed E-state index contributed by atoms with van der Waals surface area (Å²) < 4.78 is 11.2. The summed E-state index contributed by atoms with van der Waals surface area (Å²) >= 11 is 5.81. The largest absolute Gasteiger partial charge is 0.493 e. The fourth-order valence-corrected chi connectivity index (χ4v) is 2.85. The van der Waals surface area contributed by atoms with Crippen LogP contribution in [-0.4, -0.2) is 29.3 Å². The minimum atomic E-state index is -0.986. The fraction of sp³-hybridized carbons (Fsp3) is 0.0909. The summed E-state index contributed by atoms with van der Waals surface area (Å²) in [7, 11) is 1.51. The number of hydrogen-bond acceptors (Lipinski definition) is 6. The van der Waals surface area contributed by atoms with E-state index in [-0.39, 0.29) is 22.9 Å². The molecule has 31 heavy (non-hydrogen) atoms. The standard InChI is InChI=1S/C22H17ClN2O6/c1-30-21-10-15(12-24-17-7-8-18(23)19(11-17)25(28)29)4-9-20(21)31-13-14-2-5-16(6-3-14)22(26)27/h2-12H,13H2,1H3,(H,26,27). The first-order valence-electron chi connectivity index (χ1n) is 8.98. The van der Waals surface area contributed by atoms with Gasteiger partial charge in [-0.25, -0.2) is 4.79 Å². The van der Waals surface area contributed by atoms with Gasteiger partial charge in [-0.05, 0) is 53.6 Å². The third kappa shape index (κ3) is 5.58. The molecule has 0 aromatic heterocycles. The van der Waals surface area contributed by atoms with E-state index in [1.165, 1.54) is 31.4 Å². The molecule has 0 radical (unpaired) electrons. The Kier molecular flexibility index (Phi) is 6.84. The Morgan fingerprint density at radius 2 is 1.87 bits per heavy atom. The van der Waals surface area contributed by atoms with E-state index in [0.717, 1.165) is 5.56 Å². The van der Waals surface area contributed by atoms with Gasteiger partial charge in [-0.1, -0.05) is 23.7 Å². The van der Waals surface area contributed by atoms with Gasteiger partial charge in [0.1, 0.15) is 11.6 Å². The van der Waals surface area contributed by atoms with Gasteiger partial charge < -0.3 is 14.6 Å². The molecule has 0 fully saturated rings. The van der Waals surface area contributed by atoms with Crippen LogP contribution in [-0.2, 0) is 6.61 Å². The van der Waals surface area contributed by atoms with Gasteiger partial charge >= 0.3 is 5.97 Å². The maximum absolute atomic E-state index is 11.0. The van der Waals surface area contributed by atoms with Crippen molar-refractivity contribution in [1.29, 1.82) is 0 Å². The summed E-state index contributed by atoms with van der Waals surface area (Å²) in [6.45, 7) is 0.234. The molecule has 1 N–H and O–H groups in total. The number of methoxy groups -OCH3 is 1. The van der Waals surface area contributed by atoms with Crippen molar-refractivity contribution in [2.45, 2.75) is 6.61 Å². The molecule has 0 saturated carbocycles. The minimum Gasteiger partial charge on any atom is -0.493 e. The van der Waals surface area contributed by atoms with Crippen molar-refractivity contribution in [3.8, 4) is 11.5 Å². The van der Waals surface area contributed by atoms with Crippen molar-refractivity contribution in [3.05, 3.63) is 92.5 Å². The van der Waals surface area contributed by atoms with Crippen LogP contribution in [0.15, 0.2) is 65.7 Å². The van der Waals surface area contributed by atoms with Crippen LogP contribution in [0.25, 0.3) is 0 Å². The SMILES string of the molecule is COc1cc(C=Nc2ccc(Cl)c([N+](=O)[O-])c2)ccc1OCc1ccc(C(=O)O)cc1. The van der Waals surface area contributed by atoms with E-state index in [1.54, 1.807) is 42.6 Å². The lowest BCUT2D eigenvalue weighted by molar-refractivity contribution is -0.384. The van der Waals surface area contributed by atoms with Gasteiger partial charge in [-0.15, -0.1) is 0 Å². The average Bonchev–Trinajstić information content (AvgIpc) is 2.77. The molecule has 0 saturated heterocycles. The van der Waals surface area contributed by atoms with Crippen molar-refractivity contribution in [3.63, 3.8) is 0 Å². The number of carboxylic acid groups (broad SMARTS) is 1. The molecule has 0 aliphatic carbocycles. The molecule has 0 heterocycles. The highest BCUT2D eigenvalue weighted by Crippen LogP contribution is 2.30. The number of hydrogen-bond donors (Lipinski definition) is 1. The van der Waals surface area contributed by atoms with Crippen molar-refractivity contribution in [2.24, 2.45) is 4.99 Å². The number of rotatable bonds is 8. The smallest absolute Gasteiger partial charge is 0.335 e. The van der Waals surface area contributed by atoms with E-state index in [1.807, 2.05) is 0 Å². The summed E-state index contributed by atoms with van der Waals surface area (Å²) in [4.78, 5) is 25.6. The van der Waals surface area contributed by atoms with Crippen molar-refractivity contribution >= 4 is 35.2 Å². The Balaban J connectivity index is 1.72. The maximum Gasteiger partial charge on any atom is 0.335 e. The zero-order valence-electron chi connectivity index (χ0n) is 16.3. The normalized spacial score (nSPS) is 10.8. The first-order chi connectivity index (χ1) is 14.9. The topological polar surface area (TPSA) is 111 Å². The van der Waals surface area contributed by atoms with Gasteiger partial charge in [0.15, 0.2) is 11.5 Å². The fourth-order valence-electron chi connectivity index (χ4n) is 2.66. The molecule has 0 atom stereocenters. The Morgan fingerprint density at radius 1 is 1.13 bits per heavy atom. The molecule has 8 nitrogen and oxygen atoms in total. The first kappa shape index (κ1) is 21.8. The number of nitro groups is 1. The van der Waals surface area contributed by atoms with E-state index in [4.69, 9.17) is 26.2 Å². The first-order valence-corrected chi connectivity index (χ1v) is 9.36. The molecule has 0 bridgehead atoms. The highest BCUT2D eigenvalue weighted by molar-refractivity contribution is 6.32. The van der Waals surface area contributed by atoms with Crippen molar-refractivity contribution in [2.75, 3.05) is 7.11 Å². The molecule has 9 heteroatoms. The molecular formula is C22H17ClN2O6. The van der Waals surface area contributed by atoms with Gasteiger partial charge in [0.05, 0.1) is 23.3 Å². The van der Waals surface area contributed by atoms with Crippen LogP contribution >= 0.6 is 11.6 Å². The summed E-state index contributed by atoms with van der Waals surface area (Å²) in [5.74, 6) is -0.00289. The number of carboxylic acids is 1. The maximum atomic E-state index is 11.0. The van der Waals surface area contributed by atoms with E-state index in [0.29, 0.717) is 22.7 Å². The van der Waals surface area contributed by atoms with Gasteiger partial charge in [-0.2, -0.15) is 0 Å². The predicted octanol–water partition coefficient (Wildman–Crippen LogP) is 5.28. The molecule has 3 rings (SSSR count). The zero-order chi connectivity index (χ0) is 22.4. The summed E-state index contributed by atoms with van der Waals surface area (Å²) in [5.41, 5.74) is 1.89. The number of aliphatic imine (C=N–C) groups is 1. The zero-order valence-corrected chi connectivity index (χ0v) is 17.1. The molecule has 0 unspecified atom stereocenters. The molecule has 0 aliphatic heterocycles. The number of benzene rings is 3. The Hall–Kier alpha value is -3.91. The van der Waals surface area contributed by atoms with Gasteiger partial charge in [0.25, 0.3) is 5.69 Å². The third-order valence-corrected chi connectivity index (χ3v) is 4.59. The van der Waals surface area contributed by atoms with Crippen LogP contribution in [0, 0.1) is 10.1 Å². The van der Waals surface area contributed by atoms with Crippen molar-refractivity contribution in [1.82, 2.24) is 0 Å². The molecule has 3 aromatic rings. The van der Waals surface area contributed by atoms with E-state index >= 15 is 0 Å². The number of carbonyl (C=O) groups is 1. The molecular weight excluding hydrogens is 424 g/mol. The van der Waals surface area contributed by atoms with Crippen LogP contribution in [0.3, 0.4) is 0 Å². The number of ether oxygens (including phenoxy) is 2. The number of halogens is 1. The monoisotopic (exact) mass is 440 g/mol. The van der Waals surface area contributed by atoms with Crippen molar-refractivity contribution < 1.29 is 24.3 Å². The number of aromatic carboxylic acids is 1.